The Labute approximate surface area is 187 Å². The van der Waals surface area contributed by atoms with E-state index in [0.717, 1.165) is 33.6 Å². The largest absolute Gasteiger partial charge is 0.488 e. The van der Waals surface area contributed by atoms with Crippen LogP contribution in [-0.4, -0.2) is 34.9 Å². The molecular weight excluding hydrogens is 404 g/mol. The van der Waals surface area contributed by atoms with Crippen LogP contribution in [0.1, 0.15) is 38.2 Å². The fourth-order valence-corrected chi connectivity index (χ4v) is 4.19. The van der Waals surface area contributed by atoms with Crippen molar-refractivity contribution in [2.45, 2.75) is 39.5 Å². The summed E-state index contributed by atoms with van der Waals surface area (Å²) in [5.74, 6) is 0.150. The standard InChI is InChI=1S/C26H26N2O4/c1-17-11-22(12-18(2)24(17)32-16-19-7-6-10-27-14-19)25(29)28-15-21-9-5-4-8-20(21)13-23(28)26(30)31-3/h4-12,14,23H,13,15-16H2,1-3H3. The molecular formula is C26H26N2O4. The van der Waals surface area contributed by atoms with Gasteiger partial charge < -0.3 is 14.4 Å². The predicted molar refractivity (Wildman–Crippen MR) is 120 cm³/mol. The molecule has 164 valence electrons. The summed E-state index contributed by atoms with van der Waals surface area (Å²) >= 11 is 0. The first-order chi connectivity index (χ1) is 15.5. The third kappa shape index (κ3) is 4.35. The summed E-state index contributed by atoms with van der Waals surface area (Å²) in [6, 6.07) is 14.7. The van der Waals surface area contributed by atoms with E-state index in [9.17, 15) is 9.59 Å². The monoisotopic (exact) mass is 430 g/mol. The number of ether oxygens (including phenoxy) is 2. The molecule has 6 nitrogen and oxygen atoms in total. The van der Waals surface area contributed by atoms with Gasteiger partial charge in [0.1, 0.15) is 18.4 Å². The van der Waals surface area contributed by atoms with Crippen LogP contribution in [0.2, 0.25) is 0 Å². The van der Waals surface area contributed by atoms with Gasteiger partial charge in [-0.2, -0.15) is 0 Å². The number of pyridine rings is 1. The fourth-order valence-electron chi connectivity index (χ4n) is 4.19. The molecule has 2 heterocycles. The van der Waals surface area contributed by atoms with Crippen LogP contribution in [0, 0.1) is 13.8 Å². The van der Waals surface area contributed by atoms with E-state index in [1.165, 1.54) is 7.11 Å². The summed E-state index contributed by atoms with van der Waals surface area (Å²) in [5.41, 5.74) is 5.35. The van der Waals surface area contributed by atoms with Gasteiger partial charge in [0.05, 0.1) is 7.11 Å². The molecule has 0 spiro atoms. The molecule has 1 aliphatic rings. The maximum Gasteiger partial charge on any atom is 0.328 e. The first kappa shape index (κ1) is 21.6. The van der Waals surface area contributed by atoms with Crippen molar-refractivity contribution in [1.29, 1.82) is 0 Å². The predicted octanol–water partition coefficient (Wildman–Crippen LogP) is 4.02. The summed E-state index contributed by atoms with van der Waals surface area (Å²) < 4.78 is 11.0. The molecule has 1 amide bonds. The minimum atomic E-state index is -0.649. The molecule has 0 radical (unpaired) electrons. The minimum absolute atomic E-state index is 0.195. The summed E-state index contributed by atoms with van der Waals surface area (Å²) in [6.07, 6.45) is 3.93. The molecule has 0 fully saturated rings. The number of amides is 1. The fraction of sp³-hybridized carbons (Fsp3) is 0.269. The second-order valence-corrected chi connectivity index (χ2v) is 8.03. The lowest BCUT2D eigenvalue weighted by molar-refractivity contribution is -0.146. The molecule has 32 heavy (non-hydrogen) atoms. The highest BCUT2D eigenvalue weighted by molar-refractivity contribution is 5.97. The van der Waals surface area contributed by atoms with Crippen molar-refractivity contribution >= 4 is 11.9 Å². The van der Waals surface area contributed by atoms with Crippen molar-refractivity contribution in [3.63, 3.8) is 0 Å². The molecule has 6 heteroatoms. The van der Waals surface area contributed by atoms with Gasteiger partial charge in [0, 0.05) is 36.5 Å². The SMILES string of the molecule is COC(=O)C1Cc2ccccc2CN1C(=O)c1cc(C)c(OCc2cccnc2)c(C)c1. The average Bonchev–Trinajstić information content (AvgIpc) is 2.82. The van der Waals surface area contributed by atoms with Crippen LogP contribution in [0.5, 0.6) is 5.75 Å². The van der Waals surface area contributed by atoms with Crippen molar-refractivity contribution < 1.29 is 19.1 Å². The smallest absolute Gasteiger partial charge is 0.328 e. The van der Waals surface area contributed by atoms with Gasteiger partial charge in [-0.25, -0.2) is 4.79 Å². The molecule has 1 unspecified atom stereocenters. The Kier molecular flexibility index (Phi) is 6.21. The Morgan fingerprint density at radius 3 is 2.44 bits per heavy atom. The third-order valence-corrected chi connectivity index (χ3v) is 5.80. The maximum atomic E-state index is 13.5. The zero-order chi connectivity index (χ0) is 22.7. The van der Waals surface area contributed by atoms with E-state index in [2.05, 4.69) is 4.98 Å². The first-order valence-electron chi connectivity index (χ1n) is 10.6. The minimum Gasteiger partial charge on any atom is -0.488 e. The number of fused-ring (bicyclic) bond motifs is 1. The number of aryl methyl sites for hydroxylation is 2. The number of carbonyl (C=O) groups excluding carboxylic acids is 2. The molecule has 0 aliphatic carbocycles. The molecule has 0 bridgehead atoms. The highest BCUT2D eigenvalue weighted by Gasteiger charge is 2.36. The summed E-state index contributed by atoms with van der Waals surface area (Å²) in [5, 5.41) is 0. The Hall–Kier alpha value is -3.67. The first-order valence-corrected chi connectivity index (χ1v) is 10.6. The van der Waals surface area contributed by atoms with Crippen molar-refractivity contribution in [2.24, 2.45) is 0 Å². The van der Waals surface area contributed by atoms with Gasteiger partial charge in [-0.05, 0) is 54.3 Å². The number of hydrogen-bond acceptors (Lipinski definition) is 5. The number of aromatic nitrogens is 1. The van der Waals surface area contributed by atoms with E-state index in [1.54, 1.807) is 17.3 Å². The number of nitrogens with zero attached hydrogens (tertiary/aromatic N) is 2. The van der Waals surface area contributed by atoms with E-state index in [-0.39, 0.29) is 5.91 Å². The van der Waals surface area contributed by atoms with Crippen LogP contribution in [0.4, 0.5) is 0 Å². The van der Waals surface area contributed by atoms with E-state index in [0.29, 0.717) is 25.1 Å². The molecule has 1 atom stereocenters. The van der Waals surface area contributed by atoms with Crippen molar-refractivity contribution in [3.8, 4) is 5.75 Å². The summed E-state index contributed by atoms with van der Waals surface area (Å²) in [7, 11) is 1.36. The number of methoxy groups -OCH3 is 1. The van der Waals surface area contributed by atoms with Crippen LogP contribution in [0.25, 0.3) is 0 Å². The second kappa shape index (κ2) is 9.22. The van der Waals surface area contributed by atoms with Gasteiger partial charge in [-0.15, -0.1) is 0 Å². The number of benzene rings is 2. The molecule has 4 rings (SSSR count). The molecule has 0 N–H and O–H groups in total. The Balaban J connectivity index is 1.59. The van der Waals surface area contributed by atoms with Crippen molar-refractivity contribution in [2.75, 3.05) is 7.11 Å². The van der Waals surface area contributed by atoms with Crippen LogP contribution in [0.15, 0.2) is 60.9 Å². The summed E-state index contributed by atoms with van der Waals surface area (Å²) in [6.45, 7) is 4.61. The maximum absolute atomic E-state index is 13.5. The second-order valence-electron chi connectivity index (χ2n) is 8.03. The normalized spacial score (nSPS) is 15.1. The molecule has 3 aromatic rings. The van der Waals surface area contributed by atoms with E-state index < -0.39 is 12.0 Å². The number of carbonyl (C=O) groups is 2. The van der Waals surface area contributed by atoms with Gasteiger partial charge in [0.2, 0.25) is 0 Å². The molecule has 0 saturated carbocycles. The van der Waals surface area contributed by atoms with E-state index in [1.807, 2.05) is 62.4 Å². The van der Waals surface area contributed by atoms with Gasteiger partial charge in [0.25, 0.3) is 5.91 Å². The van der Waals surface area contributed by atoms with Gasteiger partial charge in [-0.3, -0.25) is 9.78 Å². The molecule has 1 aliphatic heterocycles. The highest BCUT2D eigenvalue weighted by atomic mass is 16.5. The van der Waals surface area contributed by atoms with E-state index in [4.69, 9.17) is 9.47 Å². The third-order valence-electron chi connectivity index (χ3n) is 5.80. The van der Waals surface area contributed by atoms with E-state index >= 15 is 0 Å². The lowest BCUT2D eigenvalue weighted by Gasteiger charge is -2.35. The Bertz CT molecular complexity index is 1120. The quantitative estimate of drug-likeness (QED) is 0.572. The van der Waals surface area contributed by atoms with Crippen LogP contribution >= 0.6 is 0 Å². The Morgan fingerprint density at radius 1 is 1.06 bits per heavy atom. The van der Waals surface area contributed by atoms with Gasteiger partial charge in [0.15, 0.2) is 0 Å². The lowest BCUT2D eigenvalue weighted by atomic mass is 9.93. The van der Waals surface area contributed by atoms with Crippen molar-refractivity contribution in [3.05, 3.63) is 94.3 Å². The number of rotatable bonds is 5. The van der Waals surface area contributed by atoms with Crippen LogP contribution < -0.4 is 4.74 Å². The summed E-state index contributed by atoms with van der Waals surface area (Å²) in [4.78, 5) is 31.7. The topological polar surface area (TPSA) is 68.7 Å². The number of hydrogen-bond donors (Lipinski definition) is 0. The van der Waals surface area contributed by atoms with Gasteiger partial charge in [-0.1, -0.05) is 30.3 Å². The Morgan fingerprint density at radius 2 is 1.78 bits per heavy atom. The zero-order valence-corrected chi connectivity index (χ0v) is 18.5. The van der Waals surface area contributed by atoms with Crippen LogP contribution in [0.3, 0.4) is 0 Å². The molecule has 1 aromatic heterocycles. The molecule has 2 aromatic carbocycles. The van der Waals surface area contributed by atoms with Crippen LogP contribution in [-0.2, 0) is 29.1 Å². The lowest BCUT2D eigenvalue weighted by Crippen LogP contribution is -2.49. The zero-order valence-electron chi connectivity index (χ0n) is 18.5. The highest BCUT2D eigenvalue weighted by Crippen LogP contribution is 2.29. The average molecular weight is 431 g/mol. The molecule has 0 saturated heterocycles. The van der Waals surface area contributed by atoms with Crippen molar-refractivity contribution in [1.82, 2.24) is 9.88 Å². The number of esters is 1. The van der Waals surface area contributed by atoms with Gasteiger partial charge >= 0.3 is 5.97 Å².